The van der Waals surface area contributed by atoms with Gasteiger partial charge in [0.15, 0.2) is 0 Å². The molecule has 0 bridgehead atoms. The van der Waals surface area contributed by atoms with Gasteiger partial charge < -0.3 is 10.6 Å². The molecule has 0 spiro atoms. The summed E-state index contributed by atoms with van der Waals surface area (Å²) in [6.45, 7) is 0.100. The summed E-state index contributed by atoms with van der Waals surface area (Å²) < 4.78 is 63.5. The molecule has 1 aliphatic heterocycles. The van der Waals surface area contributed by atoms with Crippen LogP contribution in [0.5, 0.6) is 0 Å². The topological polar surface area (TPSA) is 78.5 Å². The summed E-state index contributed by atoms with van der Waals surface area (Å²) >= 11 is 0. The maximum Gasteiger partial charge on any atom is 0.405 e. The Balaban J connectivity index is 2.09. The van der Waals surface area contributed by atoms with Crippen LogP contribution in [0.15, 0.2) is 29.2 Å². The third-order valence-electron chi connectivity index (χ3n) is 4.25. The van der Waals surface area contributed by atoms with E-state index in [4.69, 9.17) is 0 Å². The largest absolute Gasteiger partial charge is 0.405 e. The van der Waals surface area contributed by atoms with Gasteiger partial charge in [-0.15, -0.1) is 0 Å². The number of nitrogens with one attached hydrogen (secondary N) is 2. The van der Waals surface area contributed by atoms with E-state index >= 15 is 0 Å². The fraction of sp³-hybridized carbons (Fsp3) is 0.562. The fourth-order valence-corrected chi connectivity index (χ4v) is 4.39. The Morgan fingerprint density at radius 1 is 1.27 bits per heavy atom. The van der Waals surface area contributed by atoms with Gasteiger partial charge in [-0.1, -0.05) is 6.07 Å². The van der Waals surface area contributed by atoms with Gasteiger partial charge >= 0.3 is 6.18 Å². The molecule has 6 nitrogen and oxygen atoms in total. The molecule has 1 aromatic carbocycles. The zero-order chi connectivity index (χ0) is 19.4. The molecule has 10 heteroatoms. The van der Waals surface area contributed by atoms with Gasteiger partial charge in [0.1, 0.15) is 6.54 Å². The Morgan fingerprint density at radius 3 is 2.50 bits per heavy atom. The third kappa shape index (κ3) is 5.42. The van der Waals surface area contributed by atoms with Gasteiger partial charge in [-0.25, -0.2) is 8.42 Å². The summed E-state index contributed by atoms with van der Waals surface area (Å²) in [5, 5.41) is 4.81. The number of nitrogens with zero attached hydrogens (tertiary/aromatic N) is 1. The molecule has 1 heterocycles. The van der Waals surface area contributed by atoms with Gasteiger partial charge in [-0.05, 0) is 50.6 Å². The molecule has 0 unspecified atom stereocenters. The number of amides is 1. The first kappa shape index (κ1) is 20.7. The van der Waals surface area contributed by atoms with Crippen molar-refractivity contribution in [1.29, 1.82) is 0 Å². The van der Waals surface area contributed by atoms with Crippen LogP contribution < -0.4 is 10.6 Å². The molecule has 0 radical (unpaired) electrons. The summed E-state index contributed by atoms with van der Waals surface area (Å²) in [5.41, 5.74) is -0.125. The number of piperidine rings is 1. The van der Waals surface area contributed by atoms with Crippen molar-refractivity contribution in [1.82, 2.24) is 14.9 Å². The predicted octanol–water partition coefficient (Wildman–Crippen LogP) is 1.60. The molecule has 0 atom stereocenters. The molecule has 1 amide bonds. The number of rotatable bonds is 6. The van der Waals surface area contributed by atoms with E-state index in [2.05, 4.69) is 5.32 Å². The first-order chi connectivity index (χ1) is 12.1. The standard InChI is InChI=1S/C16H22F3N3O3S/c1-20-10-12-5-7-22(8-6-12)26(24,25)14-4-2-3-13(9-14)15(23)21-11-16(17,18)19/h2-4,9,12,20H,5-8,10-11H2,1H3,(H,21,23). The minimum absolute atomic E-state index is 0.0933. The highest BCUT2D eigenvalue weighted by molar-refractivity contribution is 7.89. The second kappa shape index (κ2) is 8.36. The maximum atomic E-state index is 12.7. The highest BCUT2D eigenvalue weighted by Gasteiger charge is 2.30. The number of carbonyl (C=O) groups excluding carboxylic acids is 1. The Hall–Kier alpha value is -1.65. The van der Waals surface area contributed by atoms with Crippen molar-refractivity contribution < 1.29 is 26.4 Å². The number of alkyl halides is 3. The number of sulfonamides is 1. The van der Waals surface area contributed by atoms with E-state index in [0.717, 1.165) is 25.5 Å². The molecule has 2 N–H and O–H groups in total. The molecule has 2 rings (SSSR count). The predicted molar refractivity (Wildman–Crippen MR) is 90.2 cm³/mol. The van der Waals surface area contributed by atoms with Crippen molar-refractivity contribution in [2.24, 2.45) is 5.92 Å². The SMILES string of the molecule is CNCC1CCN(S(=O)(=O)c2cccc(C(=O)NCC(F)(F)F)c2)CC1. The average Bonchev–Trinajstić information content (AvgIpc) is 2.60. The summed E-state index contributed by atoms with van der Waals surface area (Å²) in [6.07, 6.45) is -3.07. The minimum Gasteiger partial charge on any atom is -0.343 e. The molecule has 0 saturated carbocycles. The smallest absolute Gasteiger partial charge is 0.343 e. The second-order valence-corrected chi connectivity index (χ2v) is 8.17. The Kier molecular flexibility index (Phi) is 6.64. The van der Waals surface area contributed by atoms with Gasteiger partial charge in [0.2, 0.25) is 10.0 Å². The summed E-state index contributed by atoms with van der Waals surface area (Å²) in [6, 6.07) is 5.09. The van der Waals surface area contributed by atoms with Crippen molar-refractivity contribution in [3.05, 3.63) is 29.8 Å². The van der Waals surface area contributed by atoms with E-state index in [-0.39, 0.29) is 10.5 Å². The van der Waals surface area contributed by atoms with E-state index in [9.17, 15) is 26.4 Å². The number of hydrogen-bond acceptors (Lipinski definition) is 4. The molecule has 0 aromatic heterocycles. The lowest BCUT2D eigenvalue weighted by atomic mass is 9.98. The van der Waals surface area contributed by atoms with Crippen molar-refractivity contribution >= 4 is 15.9 Å². The normalized spacial score (nSPS) is 17.2. The van der Waals surface area contributed by atoms with Crippen molar-refractivity contribution in [3.63, 3.8) is 0 Å². The molecule has 26 heavy (non-hydrogen) atoms. The lowest BCUT2D eigenvalue weighted by molar-refractivity contribution is -0.123. The lowest BCUT2D eigenvalue weighted by Gasteiger charge is -2.31. The number of carbonyl (C=O) groups is 1. The quantitative estimate of drug-likeness (QED) is 0.770. The van der Waals surface area contributed by atoms with E-state index in [0.29, 0.717) is 19.0 Å². The molecular weight excluding hydrogens is 371 g/mol. The van der Waals surface area contributed by atoms with Crippen LogP contribution in [0.4, 0.5) is 13.2 Å². The summed E-state index contributed by atoms with van der Waals surface area (Å²) in [7, 11) is -1.94. The monoisotopic (exact) mass is 393 g/mol. The Morgan fingerprint density at radius 2 is 1.92 bits per heavy atom. The molecular formula is C16H22F3N3O3S. The van der Waals surface area contributed by atoms with Gasteiger partial charge in [-0.2, -0.15) is 17.5 Å². The van der Waals surface area contributed by atoms with Crippen LogP contribution in [-0.2, 0) is 10.0 Å². The van der Waals surface area contributed by atoms with Crippen molar-refractivity contribution in [3.8, 4) is 0 Å². The van der Waals surface area contributed by atoms with E-state index in [1.807, 2.05) is 7.05 Å². The van der Waals surface area contributed by atoms with Crippen LogP contribution in [0.25, 0.3) is 0 Å². The van der Waals surface area contributed by atoms with Crippen LogP contribution in [0.2, 0.25) is 0 Å². The van der Waals surface area contributed by atoms with Crippen LogP contribution in [0, 0.1) is 5.92 Å². The van der Waals surface area contributed by atoms with Gasteiger partial charge in [0, 0.05) is 18.7 Å². The molecule has 1 saturated heterocycles. The van der Waals surface area contributed by atoms with Crippen LogP contribution in [0.3, 0.4) is 0 Å². The zero-order valence-corrected chi connectivity index (χ0v) is 15.2. The lowest BCUT2D eigenvalue weighted by Crippen LogP contribution is -2.40. The van der Waals surface area contributed by atoms with E-state index in [1.54, 1.807) is 5.32 Å². The molecule has 1 aliphatic rings. The highest BCUT2D eigenvalue weighted by atomic mass is 32.2. The molecule has 1 aromatic rings. The fourth-order valence-electron chi connectivity index (χ4n) is 2.87. The minimum atomic E-state index is -4.53. The highest BCUT2D eigenvalue weighted by Crippen LogP contribution is 2.24. The van der Waals surface area contributed by atoms with Gasteiger partial charge in [0.25, 0.3) is 5.91 Å². The molecule has 0 aliphatic carbocycles. The zero-order valence-electron chi connectivity index (χ0n) is 14.3. The molecule has 1 fully saturated rings. The van der Waals surface area contributed by atoms with Gasteiger partial charge in [0.05, 0.1) is 4.90 Å². The van der Waals surface area contributed by atoms with E-state index in [1.165, 1.54) is 22.5 Å². The maximum absolute atomic E-state index is 12.7. The summed E-state index contributed by atoms with van der Waals surface area (Å²) in [5.74, 6) is -0.557. The first-order valence-electron chi connectivity index (χ1n) is 8.23. The van der Waals surface area contributed by atoms with Crippen LogP contribution >= 0.6 is 0 Å². The van der Waals surface area contributed by atoms with Crippen LogP contribution in [0.1, 0.15) is 23.2 Å². The van der Waals surface area contributed by atoms with Gasteiger partial charge in [-0.3, -0.25) is 4.79 Å². The first-order valence-corrected chi connectivity index (χ1v) is 9.67. The summed E-state index contributed by atoms with van der Waals surface area (Å²) in [4.78, 5) is 11.7. The van der Waals surface area contributed by atoms with Crippen molar-refractivity contribution in [2.45, 2.75) is 23.9 Å². The number of hydrogen-bond donors (Lipinski definition) is 2. The Bertz CT molecular complexity index is 730. The Labute approximate surface area is 150 Å². The van der Waals surface area contributed by atoms with Crippen LogP contribution in [-0.4, -0.2) is 58.0 Å². The van der Waals surface area contributed by atoms with Crippen molar-refractivity contribution in [2.75, 3.05) is 33.2 Å². The second-order valence-electron chi connectivity index (χ2n) is 6.23. The number of halogens is 3. The third-order valence-corrected chi connectivity index (χ3v) is 6.14. The average molecular weight is 393 g/mol. The van der Waals surface area contributed by atoms with E-state index < -0.39 is 28.7 Å². The number of benzene rings is 1. The molecule has 146 valence electrons.